The third-order valence-corrected chi connectivity index (χ3v) is 5.86. The Morgan fingerprint density at radius 1 is 0.931 bits per heavy atom. The van der Waals surface area contributed by atoms with E-state index in [-0.39, 0.29) is 17.4 Å². The van der Waals surface area contributed by atoms with Gasteiger partial charge in [0.05, 0.1) is 4.90 Å². The smallest absolute Gasteiger partial charge is 0.262 e. The number of carbonyl (C=O) groups excluding carboxylic acids is 1. The predicted octanol–water partition coefficient (Wildman–Crippen LogP) is 4.13. The zero-order valence-corrected chi connectivity index (χ0v) is 17.9. The number of amides is 1. The third-order valence-electron chi connectivity index (χ3n) is 4.38. The van der Waals surface area contributed by atoms with Gasteiger partial charge in [0.25, 0.3) is 5.91 Å². The molecule has 0 radical (unpaired) electrons. The van der Waals surface area contributed by atoms with Crippen LogP contribution in [0.4, 0.5) is 5.69 Å². The number of anilines is 1. The predicted molar refractivity (Wildman–Crippen MR) is 116 cm³/mol. The number of sulfonamides is 1. The maximum absolute atomic E-state index is 12.2. The van der Waals surface area contributed by atoms with Crippen molar-refractivity contribution in [3.05, 3.63) is 54.1 Å². The fraction of sp³-hybridized carbons (Fsp3) is 0.409. The van der Waals surface area contributed by atoms with E-state index in [4.69, 9.17) is 4.74 Å². The summed E-state index contributed by atoms with van der Waals surface area (Å²) in [5, 5.41) is 2.79. The Labute approximate surface area is 173 Å². The van der Waals surface area contributed by atoms with Crippen molar-refractivity contribution < 1.29 is 17.9 Å². The molecule has 2 N–H and O–H groups in total. The molecule has 0 heterocycles. The minimum absolute atomic E-state index is 0.154. The summed E-state index contributed by atoms with van der Waals surface area (Å²) in [4.78, 5) is 12.2. The van der Waals surface area contributed by atoms with E-state index in [1.807, 2.05) is 31.2 Å². The average Bonchev–Trinajstić information content (AvgIpc) is 2.72. The number of benzene rings is 2. The van der Waals surface area contributed by atoms with Crippen molar-refractivity contribution >= 4 is 21.6 Å². The summed E-state index contributed by atoms with van der Waals surface area (Å²) in [5.74, 6) is 0.159. The maximum Gasteiger partial charge on any atom is 0.262 e. The van der Waals surface area contributed by atoms with E-state index in [1.54, 1.807) is 12.1 Å². The van der Waals surface area contributed by atoms with Gasteiger partial charge in [-0.05, 0) is 61.2 Å². The zero-order valence-electron chi connectivity index (χ0n) is 17.1. The Hall–Kier alpha value is -2.38. The van der Waals surface area contributed by atoms with Crippen LogP contribution >= 0.6 is 0 Å². The number of rotatable bonds is 12. The first-order valence-electron chi connectivity index (χ1n) is 10.1. The van der Waals surface area contributed by atoms with Crippen LogP contribution in [-0.2, 0) is 21.2 Å². The van der Waals surface area contributed by atoms with Crippen LogP contribution in [0.1, 0.15) is 45.1 Å². The van der Waals surface area contributed by atoms with E-state index < -0.39 is 10.0 Å². The number of unbranched alkanes of at least 4 members (excludes halogenated alkanes) is 2. The molecule has 0 aliphatic carbocycles. The van der Waals surface area contributed by atoms with Gasteiger partial charge in [0.15, 0.2) is 6.61 Å². The van der Waals surface area contributed by atoms with Gasteiger partial charge in [-0.15, -0.1) is 0 Å². The summed E-state index contributed by atoms with van der Waals surface area (Å²) >= 11 is 0. The second-order valence-electron chi connectivity index (χ2n) is 6.86. The Morgan fingerprint density at radius 3 is 2.21 bits per heavy atom. The molecule has 0 unspecified atom stereocenters. The highest BCUT2D eigenvalue weighted by Crippen LogP contribution is 2.16. The van der Waals surface area contributed by atoms with Crippen LogP contribution in [0.3, 0.4) is 0 Å². The minimum atomic E-state index is -3.52. The van der Waals surface area contributed by atoms with Crippen molar-refractivity contribution in [1.29, 1.82) is 0 Å². The minimum Gasteiger partial charge on any atom is -0.484 e. The Balaban J connectivity index is 1.82. The molecule has 2 aromatic carbocycles. The van der Waals surface area contributed by atoms with Crippen LogP contribution in [0.2, 0.25) is 0 Å². The number of nitrogens with one attached hydrogen (secondary N) is 2. The first-order valence-corrected chi connectivity index (χ1v) is 11.5. The van der Waals surface area contributed by atoms with Crippen molar-refractivity contribution in [2.24, 2.45) is 0 Å². The largest absolute Gasteiger partial charge is 0.484 e. The van der Waals surface area contributed by atoms with Crippen LogP contribution in [0.15, 0.2) is 53.4 Å². The molecule has 0 aliphatic heterocycles. The number of aryl methyl sites for hydroxylation is 1. The lowest BCUT2D eigenvalue weighted by atomic mass is 10.1. The van der Waals surface area contributed by atoms with Crippen LogP contribution in [0.5, 0.6) is 5.75 Å². The number of ether oxygens (including phenoxy) is 1. The molecular weight excluding hydrogens is 388 g/mol. The molecule has 2 aromatic rings. The zero-order chi connectivity index (χ0) is 21.1. The molecule has 0 fully saturated rings. The Kier molecular flexibility index (Phi) is 9.15. The van der Waals surface area contributed by atoms with Gasteiger partial charge >= 0.3 is 0 Å². The first kappa shape index (κ1) is 22.9. The summed E-state index contributed by atoms with van der Waals surface area (Å²) in [6, 6.07) is 13.8. The second kappa shape index (κ2) is 11.6. The number of hydrogen-bond donors (Lipinski definition) is 2. The standard InChI is InChI=1S/C22H30N2O4S/c1-3-5-7-18-8-10-19(11-9-18)24-22(25)17-28-20-12-14-21(15-13-20)29(26,27)23-16-6-4-2/h8-15,23H,3-7,16-17H2,1-2H3,(H,24,25). The van der Waals surface area contributed by atoms with E-state index in [0.29, 0.717) is 12.3 Å². The SMILES string of the molecule is CCCCNS(=O)(=O)c1ccc(OCC(=O)Nc2ccc(CCCC)cc2)cc1. The fourth-order valence-corrected chi connectivity index (χ4v) is 3.74. The van der Waals surface area contributed by atoms with Gasteiger partial charge in [0.1, 0.15) is 5.75 Å². The van der Waals surface area contributed by atoms with Crippen molar-refractivity contribution in [3.8, 4) is 5.75 Å². The first-order chi connectivity index (χ1) is 13.9. The molecule has 29 heavy (non-hydrogen) atoms. The van der Waals surface area contributed by atoms with Gasteiger partial charge in [-0.2, -0.15) is 0 Å². The summed E-state index contributed by atoms with van der Waals surface area (Å²) in [5.41, 5.74) is 1.97. The molecule has 0 spiro atoms. The molecule has 0 saturated heterocycles. The van der Waals surface area contributed by atoms with E-state index in [9.17, 15) is 13.2 Å². The molecule has 0 aliphatic rings. The van der Waals surface area contributed by atoms with E-state index in [1.165, 1.54) is 17.7 Å². The van der Waals surface area contributed by atoms with Gasteiger partial charge < -0.3 is 10.1 Å². The molecule has 0 bridgehead atoms. The summed E-state index contributed by atoms with van der Waals surface area (Å²) in [6.07, 6.45) is 5.04. The normalized spacial score (nSPS) is 11.2. The lowest BCUT2D eigenvalue weighted by Crippen LogP contribution is -2.24. The fourth-order valence-electron chi connectivity index (χ4n) is 2.66. The average molecular weight is 419 g/mol. The Morgan fingerprint density at radius 2 is 1.59 bits per heavy atom. The maximum atomic E-state index is 12.2. The highest BCUT2D eigenvalue weighted by molar-refractivity contribution is 7.89. The molecule has 6 nitrogen and oxygen atoms in total. The van der Waals surface area contributed by atoms with Crippen molar-refractivity contribution in [1.82, 2.24) is 4.72 Å². The van der Waals surface area contributed by atoms with Gasteiger partial charge in [-0.1, -0.05) is 38.8 Å². The van der Waals surface area contributed by atoms with E-state index in [0.717, 1.165) is 37.8 Å². The lowest BCUT2D eigenvalue weighted by Gasteiger charge is -2.10. The molecule has 0 saturated carbocycles. The van der Waals surface area contributed by atoms with Crippen LogP contribution in [0, 0.1) is 0 Å². The van der Waals surface area contributed by atoms with Gasteiger partial charge in [-0.25, -0.2) is 13.1 Å². The van der Waals surface area contributed by atoms with Crippen LogP contribution < -0.4 is 14.8 Å². The van der Waals surface area contributed by atoms with Gasteiger partial charge in [0.2, 0.25) is 10.0 Å². The van der Waals surface area contributed by atoms with E-state index >= 15 is 0 Å². The highest BCUT2D eigenvalue weighted by Gasteiger charge is 2.13. The molecular formula is C22H30N2O4S. The number of carbonyl (C=O) groups is 1. The summed E-state index contributed by atoms with van der Waals surface area (Å²) in [7, 11) is -3.52. The van der Waals surface area contributed by atoms with Gasteiger partial charge in [-0.3, -0.25) is 4.79 Å². The molecule has 7 heteroatoms. The third kappa shape index (κ3) is 7.87. The van der Waals surface area contributed by atoms with Crippen LogP contribution in [-0.4, -0.2) is 27.5 Å². The molecule has 158 valence electrons. The Bertz CT molecular complexity index is 863. The summed E-state index contributed by atoms with van der Waals surface area (Å²) < 4.78 is 32.3. The molecule has 2 rings (SSSR count). The van der Waals surface area contributed by atoms with Crippen molar-refractivity contribution in [2.75, 3.05) is 18.5 Å². The monoisotopic (exact) mass is 418 g/mol. The quantitative estimate of drug-likeness (QED) is 0.508. The van der Waals surface area contributed by atoms with Crippen LogP contribution in [0.25, 0.3) is 0 Å². The topological polar surface area (TPSA) is 84.5 Å². The van der Waals surface area contributed by atoms with E-state index in [2.05, 4.69) is 17.0 Å². The van der Waals surface area contributed by atoms with Crippen molar-refractivity contribution in [2.45, 2.75) is 50.8 Å². The second-order valence-corrected chi connectivity index (χ2v) is 8.63. The van der Waals surface area contributed by atoms with Gasteiger partial charge in [0, 0.05) is 12.2 Å². The highest BCUT2D eigenvalue weighted by atomic mass is 32.2. The molecule has 0 aromatic heterocycles. The molecule has 0 atom stereocenters. The van der Waals surface area contributed by atoms with Crippen molar-refractivity contribution in [3.63, 3.8) is 0 Å². The lowest BCUT2D eigenvalue weighted by molar-refractivity contribution is -0.118. The summed E-state index contributed by atoms with van der Waals surface area (Å²) in [6.45, 7) is 4.42. The molecule has 1 amide bonds. The number of hydrogen-bond acceptors (Lipinski definition) is 4.